The predicted octanol–water partition coefficient (Wildman–Crippen LogP) is 3.77. The van der Waals surface area contributed by atoms with Crippen molar-refractivity contribution in [2.45, 2.75) is 45.1 Å². The standard InChI is InChI=1S/C16H23N3O/c1-3-11-6-4-5-7-14(11)19-15-10-12(20-2)8-9-13(15)18-16(19)17/h8-11,14H,3-7H2,1-2H3,(H2,17,18). The van der Waals surface area contributed by atoms with E-state index in [4.69, 9.17) is 10.5 Å². The van der Waals surface area contributed by atoms with Gasteiger partial charge in [-0.2, -0.15) is 0 Å². The number of benzene rings is 1. The summed E-state index contributed by atoms with van der Waals surface area (Å²) in [6.45, 7) is 2.28. The Morgan fingerprint density at radius 1 is 1.35 bits per heavy atom. The Morgan fingerprint density at radius 2 is 2.15 bits per heavy atom. The molecule has 0 spiro atoms. The molecule has 0 aliphatic heterocycles. The van der Waals surface area contributed by atoms with Gasteiger partial charge in [0.15, 0.2) is 0 Å². The van der Waals surface area contributed by atoms with E-state index in [1.54, 1.807) is 7.11 Å². The second-order valence-electron chi connectivity index (χ2n) is 5.71. The van der Waals surface area contributed by atoms with E-state index in [0.29, 0.717) is 17.9 Å². The predicted molar refractivity (Wildman–Crippen MR) is 82.0 cm³/mol. The number of nitrogens with zero attached hydrogens (tertiary/aromatic N) is 2. The SMILES string of the molecule is CCC1CCCCC1n1c(N)nc2ccc(OC)cc21. The average molecular weight is 273 g/mol. The first-order valence-corrected chi connectivity index (χ1v) is 7.56. The van der Waals surface area contributed by atoms with Crippen LogP contribution in [0.2, 0.25) is 0 Å². The number of anilines is 1. The lowest BCUT2D eigenvalue weighted by molar-refractivity contribution is 0.239. The van der Waals surface area contributed by atoms with Crippen LogP contribution in [-0.4, -0.2) is 16.7 Å². The van der Waals surface area contributed by atoms with Crippen molar-refractivity contribution in [2.24, 2.45) is 5.92 Å². The normalized spacial score (nSPS) is 23.1. The number of fused-ring (bicyclic) bond motifs is 1. The van der Waals surface area contributed by atoms with Gasteiger partial charge in [0, 0.05) is 12.1 Å². The molecular formula is C16H23N3O. The Hall–Kier alpha value is -1.71. The fourth-order valence-corrected chi connectivity index (χ4v) is 3.57. The number of aromatic nitrogens is 2. The molecule has 2 unspecified atom stereocenters. The Balaban J connectivity index is 2.11. The third kappa shape index (κ3) is 2.13. The molecule has 1 aromatic heterocycles. The van der Waals surface area contributed by atoms with Gasteiger partial charge in [-0.1, -0.05) is 26.2 Å². The minimum absolute atomic E-state index is 0.478. The highest BCUT2D eigenvalue weighted by molar-refractivity contribution is 5.80. The minimum Gasteiger partial charge on any atom is -0.497 e. The Labute approximate surface area is 119 Å². The van der Waals surface area contributed by atoms with Crippen molar-refractivity contribution in [2.75, 3.05) is 12.8 Å². The molecule has 0 amide bonds. The third-order valence-electron chi connectivity index (χ3n) is 4.65. The number of nitrogen functional groups attached to an aromatic ring is 1. The van der Waals surface area contributed by atoms with E-state index in [0.717, 1.165) is 16.8 Å². The summed E-state index contributed by atoms with van der Waals surface area (Å²) >= 11 is 0. The molecule has 108 valence electrons. The van der Waals surface area contributed by atoms with Gasteiger partial charge in [0.25, 0.3) is 0 Å². The minimum atomic E-state index is 0.478. The van der Waals surface area contributed by atoms with Crippen LogP contribution in [0.15, 0.2) is 18.2 Å². The second-order valence-corrected chi connectivity index (χ2v) is 5.71. The van der Waals surface area contributed by atoms with E-state index in [1.807, 2.05) is 12.1 Å². The fraction of sp³-hybridized carbons (Fsp3) is 0.562. The molecule has 2 aromatic rings. The molecule has 20 heavy (non-hydrogen) atoms. The largest absolute Gasteiger partial charge is 0.497 e. The molecule has 0 saturated heterocycles. The Bertz CT molecular complexity index is 605. The maximum absolute atomic E-state index is 6.20. The van der Waals surface area contributed by atoms with E-state index < -0.39 is 0 Å². The zero-order valence-electron chi connectivity index (χ0n) is 12.3. The summed E-state index contributed by atoms with van der Waals surface area (Å²) < 4.78 is 7.59. The van der Waals surface area contributed by atoms with Gasteiger partial charge in [0.05, 0.1) is 18.1 Å². The molecule has 2 atom stereocenters. The molecule has 2 N–H and O–H groups in total. The lowest BCUT2D eigenvalue weighted by Crippen LogP contribution is -2.23. The number of hydrogen-bond acceptors (Lipinski definition) is 3. The van der Waals surface area contributed by atoms with Gasteiger partial charge in [0.1, 0.15) is 5.75 Å². The summed E-state index contributed by atoms with van der Waals surface area (Å²) in [5.41, 5.74) is 8.27. The van der Waals surface area contributed by atoms with E-state index in [-0.39, 0.29) is 0 Å². The number of hydrogen-bond donors (Lipinski definition) is 1. The highest BCUT2D eigenvalue weighted by Crippen LogP contribution is 2.39. The summed E-state index contributed by atoms with van der Waals surface area (Å²) in [5, 5.41) is 0. The first-order valence-electron chi connectivity index (χ1n) is 7.56. The Morgan fingerprint density at radius 3 is 2.90 bits per heavy atom. The van der Waals surface area contributed by atoms with Crippen molar-refractivity contribution in [3.63, 3.8) is 0 Å². The molecule has 4 nitrogen and oxygen atoms in total. The molecule has 1 heterocycles. The molecule has 1 aliphatic rings. The number of rotatable bonds is 3. The number of methoxy groups -OCH3 is 1. The zero-order valence-corrected chi connectivity index (χ0v) is 12.3. The topological polar surface area (TPSA) is 53.1 Å². The summed E-state index contributed by atoms with van der Waals surface area (Å²) in [7, 11) is 1.70. The molecule has 1 aliphatic carbocycles. The van der Waals surface area contributed by atoms with Gasteiger partial charge in [0.2, 0.25) is 5.95 Å². The lowest BCUT2D eigenvalue weighted by Gasteiger charge is -2.32. The maximum Gasteiger partial charge on any atom is 0.201 e. The van der Waals surface area contributed by atoms with Crippen molar-refractivity contribution < 1.29 is 4.74 Å². The molecule has 1 aromatic carbocycles. The summed E-state index contributed by atoms with van der Waals surface area (Å²) in [6.07, 6.45) is 6.32. The van der Waals surface area contributed by atoms with Gasteiger partial charge in [-0.15, -0.1) is 0 Å². The van der Waals surface area contributed by atoms with Crippen molar-refractivity contribution in [3.05, 3.63) is 18.2 Å². The number of imidazole rings is 1. The molecule has 1 saturated carbocycles. The van der Waals surface area contributed by atoms with Crippen LogP contribution in [-0.2, 0) is 0 Å². The number of nitrogens with two attached hydrogens (primary N) is 1. The van der Waals surface area contributed by atoms with Gasteiger partial charge in [-0.05, 0) is 30.9 Å². The maximum atomic E-state index is 6.20. The smallest absolute Gasteiger partial charge is 0.201 e. The summed E-state index contributed by atoms with van der Waals surface area (Å²) in [4.78, 5) is 4.52. The number of ether oxygens (including phenoxy) is 1. The molecule has 0 bridgehead atoms. The average Bonchev–Trinajstić information content (AvgIpc) is 2.81. The van der Waals surface area contributed by atoms with Crippen LogP contribution in [0.4, 0.5) is 5.95 Å². The lowest BCUT2D eigenvalue weighted by atomic mass is 9.82. The van der Waals surface area contributed by atoms with E-state index >= 15 is 0 Å². The monoisotopic (exact) mass is 273 g/mol. The van der Waals surface area contributed by atoms with Crippen LogP contribution in [0.5, 0.6) is 5.75 Å². The first kappa shape index (κ1) is 13.3. The quantitative estimate of drug-likeness (QED) is 0.926. The van der Waals surface area contributed by atoms with Gasteiger partial charge >= 0.3 is 0 Å². The fourth-order valence-electron chi connectivity index (χ4n) is 3.57. The molecule has 4 heteroatoms. The Kier molecular flexibility index (Phi) is 3.55. The van der Waals surface area contributed by atoms with Crippen molar-refractivity contribution in [1.82, 2.24) is 9.55 Å². The van der Waals surface area contributed by atoms with E-state index in [2.05, 4.69) is 22.5 Å². The van der Waals surface area contributed by atoms with Crippen molar-refractivity contribution in [3.8, 4) is 5.75 Å². The van der Waals surface area contributed by atoms with Crippen LogP contribution in [0, 0.1) is 5.92 Å². The van der Waals surface area contributed by atoms with Crippen LogP contribution in [0.3, 0.4) is 0 Å². The first-order chi connectivity index (χ1) is 9.74. The highest BCUT2D eigenvalue weighted by Gasteiger charge is 2.28. The zero-order chi connectivity index (χ0) is 14.1. The second kappa shape index (κ2) is 5.35. The molecule has 0 radical (unpaired) electrons. The van der Waals surface area contributed by atoms with Crippen LogP contribution in [0.1, 0.15) is 45.1 Å². The van der Waals surface area contributed by atoms with Crippen LogP contribution < -0.4 is 10.5 Å². The summed E-state index contributed by atoms with van der Waals surface area (Å²) in [5.74, 6) is 2.20. The molecule has 1 fully saturated rings. The van der Waals surface area contributed by atoms with Gasteiger partial charge < -0.3 is 15.0 Å². The molecule has 3 rings (SSSR count). The third-order valence-corrected chi connectivity index (χ3v) is 4.65. The highest BCUT2D eigenvalue weighted by atomic mass is 16.5. The summed E-state index contributed by atoms with van der Waals surface area (Å²) in [6, 6.07) is 6.47. The van der Waals surface area contributed by atoms with Gasteiger partial charge in [-0.3, -0.25) is 0 Å². The van der Waals surface area contributed by atoms with E-state index in [9.17, 15) is 0 Å². The molecular weight excluding hydrogens is 250 g/mol. The van der Waals surface area contributed by atoms with E-state index in [1.165, 1.54) is 32.1 Å². The van der Waals surface area contributed by atoms with Crippen LogP contribution in [0.25, 0.3) is 11.0 Å². The van der Waals surface area contributed by atoms with Crippen LogP contribution >= 0.6 is 0 Å². The van der Waals surface area contributed by atoms with Gasteiger partial charge in [-0.25, -0.2) is 4.98 Å². The van der Waals surface area contributed by atoms with Crippen molar-refractivity contribution >= 4 is 17.0 Å². The van der Waals surface area contributed by atoms with Crippen molar-refractivity contribution in [1.29, 1.82) is 0 Å².